The molecule has 0 amide bonds. The first-order valence-electron chi connectivity index (χ1n) is 12.1. The Morgan fingerprint density at radius 1 is 1.09 bits per heavy atom. The van der Waals surface area contributed by atoms with Crippen LogP contribution < -0.4 is 0 Å². The van der Waals surface area contributed by atoms with E-state index >= 15 is 0 Å². The third-order valence-electron chi connectivity index (χ3n) is 9.64. The van der Waals surface area contributed by atoms with Gasteiger partial charge in [-0.25, -0.2) is 0 Å². The Kier molecular flexibility index (Phi) is 5.80. The molecule has 0 radical (unpaired) electrons. The number of aliphatic hydroxyl groups excluding tert-OH is 2. The zero-order valence-electron chi connectivity index (χ0n) is 20.2. The SMILES string of the molecule is CC(=O)O[C@@H]1[C@@H](OC(C)=O)[C@]2(C)[C@@H]([C@H](C)O)CC[C@]2(O)[C@]2(O)CC=C3C[C@@H](O)CC[C@]3(C)[C@@H]12. The largest absolute Gasteiger partial charge is 0.458 e. The first-order chi connectivity index (χ1) is 15.2. The van der Waals surface area contributed by atoms with Gasteiger partial charge in [-0.2, -0.15) is 0 Å². The van der Waals surface area contributed by atoms with Crippen molar-refractivity contribution >= 4 is 11.9 Å². The van der Waals surface area contributed by atoms with E-state index in [0.717, 1.165) is 5.57 Å². The Balaban J connectivity index is 1.98. The fraction of sp³-hybridized carbons (Fsp3) is 0.840. The minimum atomic E-state index is -1.69. The summed E-state index contributed by atoms with van der Waals surface area (Å²) >= 11 is 0. The van der Waals surface area contributed by atoms with Crippen LogP contribution in [0.4, 0.5) is 0 Å². The van der Waals surface area contributed by atoms with E-state index in [4.69, 9.17) is 9.47 Å². The first-order valence-corrected chi connectivity index (χ1v) is 12.1. The van der Waals surface area contributed by atoms with E-state index in [1.54, 1.807) is 13.8 Å². The van der Waals surface area contributed by atoms with E-state index in [9.17, 15) is 30.0 Å². The summed E-state index contributed by atoms with van der Waals surface area (Å²) in [5.41, 5.74) is -4.34. The van der Waals surface area contributed by atoms with Gasteiger partial charge in [0.15, 0.2) is 0 Å². The molecular formula is C25H38O8. The van der Waals surface area contributed by atoms with Crippen molar-refractivity contribution in [2.45, 2.75) is 109 Å². The maximum Gasteiger partial charge on any atom is 0.303 e. The summed E-state index contributed by atoms with van der Waals surface area (Å²) in [4.78, 5) is 24.6. The van der Waals surface area contributed by atoms with Crippen molar-refractivity contribution < 1.29 is 39.5 Å². The fourth-order valence-corrected chi connectivity index (χ4v) is 8.20. The molecule has 0 unspecified atom stereocenters. The molecule has 8 heteroatoms. The second kappa shape index (κ2) is 7.77. The highest BCUT2D eigenvalue weighted by molar-refractivity contribution is 5.68. The van der Waals surface area contributed by atoms with E-state index in [1.165, 1.54) is 13.8 Å². The zero-order chi connectivity index (χ0) is 24.6. The van der Waals surface area contributed by atoms with E-state index in [2.05, 4.69) is 0 Å². The van der Waals surface area contributed by atoms with E-state index in [1.807, 2.05) is 13.0 Å². The predicted molar refractivity (Wildman–Crippen MR) is 118 cm³/mol. The molecule has 8 nitrogen and oxygen atoms in total. The van der Waals surface area contributed by atoms with Gasteiger partial charge in [-0.15, -0.1) is 0 Å². The predicted octanol–water partition coefficient (Wildman–Crippen LogP) is 1.62. The van der Waals surface area contributed by atoms with E-state index < -0.39 is 70.2 Å². The number of hydrogen-bond acceptors (Lipinski definition) is 8. The van der Waals surface area contributed by atoms with Crippen molar-refractivity contribution in [3.05, 3.63) is 11.6 Å². The fourth-order valence-electron chi connectivity index (χ4n) is 8.20. The van der Waals surface area contributed by atoms with Gasteiger partial charge >= 0.3 is 11.9 Å². The number of carbonyl (C=O) groups excluding carboxylic acids is 2. The number of ether oxygens (including phenoxy) is 2. The molecule has 0 spiro atoms. The van der Waals surface area contributed by atoms with Gasteiger partial charge in [-0.3, -0.25) is 9.59 Å². The summed E-state index contributed by atoms with van der Waals surface area (Å²) in [6, 6.07) is 0. The van der Waals surface area contributed by atoms with Crippen LogP contribution in [0.3, 0.4) is 0 Å². The van der Waals surface area contributed by atoms with Gasteiger partial charge in [0.25, 0.3) is 0 Å². The summed E-state index contributed by atoms with van der Waals surface area (Å²) in [6.07, 6.45) is 0.772. The number of carbonyl (C=O) groups is 2. The van der Waals surface area contributed by atoms with Gasteiger partial charge in [0.05, 0.1) is 12.2 Å². The Morgan fingerprint density at radius 3 is 2.30 bits per heavy atom. The monoisotopic (exact) mass is 466 g/mol. The third-order valence-corrected chi connectivity index (χ3v) is 9.64. The first kappa shape index (κ1) is 24.6. The molecular weight excluding hydrogens is 428 g/mol. The third kappa shape index (κ3) is 3.17. The summed E-state index contributed by atoms with van der Waals surface area (Å²) in [6.45, 7) is 7.90. The lowest BCUT2D eigenvalue weighted by Crippen LogP contribution is -2.80. The highest BCUT2D eigenvalue weighted by Gasteiger charge is 2.80. The average molecular weight is 467 g/mol. The Hall–Kier alpha value is -1.48. The molecule has 4 rings (SSSR count). The molecule has 0 aromatic rings. The van der Waals surface area contributed by atoms with Crippen LogP contribution in [-0.2, 0) is 19.1 Å². The standard InChI is InChI=1S/C25H38O8/c1-13(26)18-8-11-25(31)23(18,5)21(33-15(3)28)19(32-14(2)27)20-22(4)9-7-17(29)12-16(22)6-10-24(20,25)30/h6,13,17-21,26,29-31H,7-12H2,1-5H3/t13-,17-,18+,19-,20+,21+,22-,23-,24-,25+/m0/s1. The highest BCUT2D eigenvalue weighted by Crippen LogP contribution is 2.70. The van der Waals surface area contributed by atoms with Gasteiger partial charge in [0.2, 0.25) is 0 Å². The van der Waals surface area contributed by atoms with Crippen LogP contribution >= 0.6 is 0 Å². The summed E-state index contributed by atoms with van der Waals surface area (Å²) in [7, 11) is 0. The second-order valence-corrected chi connectivity index (χ2v) is 11.3. The van der Waals surface area contributed by atoms with Crippen molar-refractivity contribution in [1.82, 2.24) is 0 Å². The molecule has 3 fully saturated rings. The van der Waals surface area contributed by atoms with Crippen molar-refractivity contribution in [3.63, 3.8) is 0 Å². The maximum absolute atomic E-state index is 12.4. The molecule has 4 aliphatic rings. The zero-order valence-corrected chi connectivity index (χ0v) is 20.2. The van der Waals surface area contributed by atoms with Crippen LogP contribution in [0, 0.1) is 22.7 Å². The second-order valence-electron chi connectivity index (χ2n) is 11.3. The molecule has 186 valence electrons. The number of esters is 2. The number of hydrogen-bond donors (Lipinski definition) is 4. The topological polar surface area (TPSA) is 134 Å². The minimum Gasteiger partial charge on any atom is -0.458 e. The molecule has 10 atom stereocenters. The summed E-state index contributed by atoms with van der Waals surface area (Å²) in [5.74, 6) is -2.40. The van der Waals surface area contributed by atoms with Crippen molar-refractivity contribution in [1.29, 1.82) is 0 Å². The number of rotatable bonds is 3. The molecule has 0 bridgehead atoms. The van der Waals surface area contributed by atoms with Gasteiger partial charge in [-0.1, -0.05) is 25.5 Å². The van der Waals surface area contributed by atoms with Crippen molar-refractivity contribution in [2.75, 3.05) is 0 Å². The van der Waals surface area contributed by atoms with Crippen LogP contribution in [0.25, 0.3) is 0 Å². The van der Waals surface area contributed by atoms with Crippen LogP contribution in [0.2, 0.25) is 0 Å². The van der Waals surface area contributed by atoms with Crippen LogP contribution in [0.5, 0.6) is 0 Å². The van der Waals surface area contributed by atoms with Gasteiger partial charge in [0.1, 0.15) is 23.4 Å². The molecule has 4 aliphatic carbocycles. The lowest BCUT2D eigenvalue weighted by molar-refractivity contribution is -0.334. The summed E-state index contributed by atoms with van der Waals surface area (Å²) < 4.78 is 11.7. The number of fused-ring (bicyclic) bond motifs is 5. The molecule has 4 N–H and O–H groups in total. The van der Waals surface area contributed by atoms with Crippen LogP contribution in [0.15, 0.2) is 11.6 Å². The Labute approximate surface area is 195 Å². The molecule has 33 heavy (non-hydrogen) atoms. The highest BCUT2D eigenvalue weighted by atomic mass is 16.6. The number of aliphatic hydroxyl groups is 4. The van der Waals surface area contributed by atoms with Gasteiger partial charge in [-0.05, 0) is 56.8 Å². The molecule has 0 heterocycles. The smallest absolute Gasteiger partial charge is 0.303 e. The maximum atomic E-state index is 12.4. The van der Waals surface area contributed by atoms with Crippen LogP contribution in [-0.4, -0.2) is 68.0 Å². The molecule has 0 aromatic heterocycles. The van der Waals surface area contributed by atoms with Crippen molar-refractivity contribution in [2.24, 2.45) is 22.7 Å². The molecule has 0 saturated heterocycles. The Morgan fingerprint density at radius 2 is 1.73 bits per heavy atom. The normalized spacial score (nSPS) is 49.7. The Bertz CT molecular complexity index is 868. The molecule has 3 saturated carbocycles. The molecule has 0 aromatic carbocycles. The minimum absolute atomic E-state index is 0.123. The van der Waals surface area contributed by atoms with Gasteiger partial charge in [0, 0.05) is 25.2 Å². The quantitative estimate of drug-likeness (QED) is 0.364. The average Bonchev–Trinajstić information content (AvgIpc) is 2.99. The lowest BCUT2D eigenvalue weighted by Gasteiger charge is -2.68. The van der Waals surface area contributed by atoms with Crippen LogP contribution in [0.1, 0.15) is 73.1 Å². The lowest BCUT2D eigenvalue weighted by atomic mass is 9.42. The van der Waals surface area contributed by atoms with E-state index in [0.29, 0.717) is 25.7 Å². The van der Waals surface area contributed by atoms with Gasteiger partial charge < -0.3 is 29.9 Å². The molecule has 0 aliphatic heterocycles. The van der Waals surface area contributed by atoms with E-state index in [-0.39, 0.29) is 12.8 Å². The summed E-state index contributed by atoms with van der Waals surface area (Å²) in [5, 5.41) is 45.7. The van der Waals surface area contributed by atoms with Crippen molar-refractivity contribution in [3.8, 4) is 0 Å².